The van der Waals surface area contributed by atoms with Gasteiger partial charge in [0.1, 0.15) is 23.7 Å². The molecule has 2 saturated heterocycles. The second-order valence-electron chi connectivity index (χ2n) is 11.4. The number of carbonyl (C=O) groups excluding carboxylic acids is 4. The van der Waals surface area contributed by atoms with Gasteiger partial charge in [0, 0.05) is 49.9 Å². The van der Waals surface area contributed by atoms with Crippen molar-refractivity contribution in [2.45, 2.75) is 51.7 Å². The molecule has 0 radical (unpaired) electrons. The van der Waals surface area contributed by atoms with Gasteiger partial charge >= 0.3 is 6.09 Å². The van der Waals surface area contributed by atoms with Crippen molar-refractivity contribution in [2.75, 3.05) is 32.8 Å². The molecule has 0 saturated carbocycles. The van der Waals surface area contributed by atoms with Crippen LogP contribution in [0.2, 0.25) is 0 Å². The number of nitrogens with one attached hydrogen (secondary N) is 1. The number of benzene rings is 2. The van der Waals surface area contributed by atoms with Gasteiger partial charge in [-0.2, -0.15) is 0 Å². The van der Waals surface area contributed by atoms with E-state index >= 15 is 0 Å². The largest absolute Gasteiger partial charge is 0.493 e. The number of amides is 4. The molecule has 2 fully saturated rings. The Balaban J connectivity index is 1.25. The molecule has 2 aromatic carbocycles. The summed E-state index contributed by atoms with van der Waals surface area (Å²) in [6.07, 6.45) is 0.171. The van der Waals surface area contributed by atoms with E-state index in [1.165, 1.54) is 4.90 Å². The monoisotopic (exact) mass is 549 g/mol. The van der Waals surface area contributed by atoms with Gasteiger partial charge in [-0.05, 0) is 56.2 Å². The summed E-state index contributed by atoms with van der Waals surface area (Å²) in [6, 6.07) is 13.2. The van der Waals surface area contributed by atoms with E-state index in [-0.39, 0.29) is 61.6 Å². The first kappa shape index (κ1) is 27.5. The molecule has 0 unspecified atom stereocenters. The van der Waals surface area contributed by atoms with Crippen LogP contribution in [0.1, 0.15) is 61.0 Å². The number of nitrogens with zero attached hydrogens (tertiary/aromatic N) is 2. The molecule has 10 heteroatoms. The highest BCUT2D eigenvalue weighted by Gasteiger charge is 2.38. The highest BCUT2D eigenvalue weighted by atomic mass is 16.6. The minimum Gasteiger partial charge on any atom is -0.493 e. The van der Waals surface area contributed by atoms with Gasteiger partial charge < -0.3 is 24.4 Å². The van der Waals surface area contributed by atoms with Crippen LogP contribution in [0, 0.1) is 5.92 Å². The molecule has 0 aromatic heterocycles. The highest BCUT2D eigenvalue weighted by Crippen LogP contribution is 2.35. The van der Waals surface area contributed by atoms with Crippen molar-refractivity contribution in [1.82, 2.24) is 15.1 Å². The van der Waals surface area contributed by atoms with E-state index in [1.807, 2.05) is 57.2 Å². The Labute approximate surface area is 233 Å². The summed E-state index contributed by atoms with van der Waals surface area (Å²) in [7, 11) is 0. The van der Waals surface area contributed by atoms with Gasteiger partial charge in [-0.25, -0.2) is 4.79 Å². The van der Waals surface area contributed by atoms with E-state index < -0.39 is 5.60 Å². The molecular formula is C30H35N3O7. The van der Waals surface area contributed by atoms with Crippen molar-refractivity contribution in [3.8, 4) is 11.5 Å². The topological polar surface area (TPSA) is 114 Å². The Kier molecular flexibility index (Phi) is 7.69. The number of hydrogen-bond acceptors (Lipinski definition) is 7. The van der Waals surface area contributed by atoms with Gasteiger partial charge in [0.05, 0.1) is 13.2 Å². The van der Waals surface area contributed by atoms with Gasteiger partial charge in [0.25, 0.3) is 5.91 Å². The molecule has 10 nitrogen and oxygen atoms in total. The molecule has 212 valence electrons. The summed E-state index contributed by atoms with van der Waals surface area (Å²) < 4.78 is 17.6. The number of rotatable bonds is 8. The summed E-state index contributed by atoms with van der Waals surface area (Å²) in [5, 5.41) is 2.81. The van der Waals surface area contributed by atoms with E-state index in [0.29, 0.717) is 43.3 Å². The molecule has 0 spiro atoms. The number of fused-ring (bicyclic) bond motifs is 1. The van der Waals surface area contributed by atoms with E-state index in [1.54, 1.807) is 11.0 Å². The third-order valence-electron chi connectivity index (χ3n) is 7.37. The third kappa shape index (κ3) is 6.21. The van der Waals surface area contributed by atoms with Crippen LogP contribution in [0.5, 0.6) is 11.5 Å². The predicted molar refractivity (Wildman–Crippen MR) is 145 cm³/mol. The molecule has 2 aromatic rings. The Hall–Kier alpha value is -4.08. The minimum atomic E-state index is -0.602. The van der Waals surface area contributed by atoms with Crippen LogP contribution in [0.15, 0.2) is 42.5 Å². The first-order valence-electron chi connectivity index (χ1n) is 13.7. The summed E-state index contributed by atoms with van der Waals surface area (Å²) in [5.41, 5.74) is 2.01. The quantitative estimate of drug-likeness (QED) is 0.502. The van der Waals surface area contributed by atoms with Gasteiger partial charge in [-0.15, -0.1) is 0 Å². The lowest BCUT2D eigenvalue weighted by Gasteiger charge is -2.24. The fourth-order valence-electron chi connectivity index (χ4n) is 5.32. The normalized spacial score (nSPS) is 20.5. The van der Waals surface area contributed by atoms with Crippen molar-refractivity contribution >= 4 is 23.8 Å². The van der Waals surface area contributed by atoms with Crippen LogP contribution in [0.4, 0.5) is 4.79 Å². The van der Waals surface area contributed by atoms with Crippen molar-refractivity contribution in [3.05, 3.63) is 59.2 Å². The number of ether oxygens (including phenoxy) is 3. The van der Waals surface area contributed by atoms with Crippen molar-refractivity contribution in [2.24, 2.45) is 5.92 Å². The zero-order chi connectivity index (χ0) is 28.4. The maximum absolute atomic E-state index is 12.9. The summed E-state index contributed by atoms with van der Waals surface area (Å²) in [6.45, 7) is 7.83. The summed E-state index contributed by atoms with van der Waals surface area (Å²) in [5.74, 6) is 0.828. The zero-order valence-electron chi connectivity index (χ0n) is 23.1. The molecule has 3 aliphatic rings. The number of carbonyl (C=O) groups is 4. The molecule has 3 heterocycles. The molecule has 1 N–H and O–H groups in total. The SMILES string of the molecule is CC(C)(C)OC(=O)N1C[C@H](COc2ccc3c(c2)C(=O)NC3)[C@H](c2ccc(OCCN3C(=O)CCC3=O)cc2)C1. The van der Waals surface area contributed by atoms with Gasteiger partial charge in [0.15, 0.2) is 0 Å². The van der Waals surface area contributed by atoms with E-state index in [2.05, 4.69) is 5.32 Å². The lowest BCUT2D eigenvalue weighted by Crippen LogP contribution is -2.35. The minimum absolute atomic E-state index is 0.000799. The average Bonchev–Trinajstić information content (AvgIpc) is 3.60. The molecule has 0 aliphatic carbocycles. The average molecular weight is 550 g/mol. The molecule has 4 amide bonds. The molecule has 40 heavy (non-hydrogen) atoms. The Morgan fingerprint density at radius 1 is 0.950 bits per heavy atom. The molecular weight excluding hydrogens is 514 g/mol. The van der Waals surface area contributed by atoms with Crippen LogP contribution < -0.4 is 14.8 Å². The molecule has 3 aliphatic heterocycles. The maximum atomic E-state index is 12.9. The Morgan fingerprint density at radius 2 is 1.65 bits per heavy atom. The highest BCUT2D eigenvalue weighted by molar-refractivity contribution is 6.02. The lowest BCUT2D eigenvalue weighted by atomic mass is 9.89. The summed E-state index contributed by atoms with van der Waals surface area (Å²) in [4.78, 5) is 51.5. The van der Waals surface area contributed by atoms with E-state index in [9.17, 15) is 19.2 Å². The zero-order valence-corrected chi connectivity index (χ0v) is 23.1. The lowest BCUT2D eigenvalue weighted by molar-refractivity contribution is -0.138. The van der Waals surface area contributed by atoms with Crippen molar-refractivity contribution in [1.29, 1.82) is 0 Å². The van der Waals surface area contributed by atoms with E-state index in [0.717, 1.165) is 11.1 Å². The predicted octanol–water partition coefficient (Wildman–Crippen LogP) is 3.49. The van der Waals surface area contributed by atoms with Gasteiger partial charge in [0.2, 0.25) is 11.8 Å². The second kappa shape index (κ2) is 11.2. The summed E-state index contributed by atoms with van der Waals surface area (Å²) >= 11 is 0. The van der Waals surface area contributed by atoms with E-state index in [4.69, 9.17) is 14.2 Å². The first-order chi connectivity index (χ1) is 19.1. The standard InChI is InChI=1S/C30H35N3O7/c1-30(2,3)40-29(37)32-16-21(18-39-23-9-6-20-15-31-28(36)24(20)14-23)25(17-32)19-4-7-22(8-5-19)38-13-12-33-26(34)10-11-27(33)35/h4-9,14,21,25H,10-13,15-18H2,1-3H3,(H,31,36)/t21-,25+/m1/s1. The van der Waals surface area contributed by atoms with Crippen LogP contribution in [-0.2, 0) is 20.9 Å². The van der Waals surface area contributed by atoms with Crippen molar-refractivity contribution < 1.29 is 33.4 Å². The third-order valence-corrected chi connectivity index (χ3v) is 7.37. The number of likely N-dealkylation sites (tertiary alicyclic amines) is 2. The number of hydrogen-bond donors (Lipinski definition) is 1. The molecule has 2 atom stereocenters. The Bertz CT molecular complexity index is 1290. The molecule has 5 rings (SSSR count). The fraction of sp³-hybridized carbons (Fsp3) is 0.467. The van der Waals surface area contributed by atoms with Crippen LogP contribution in [0.25, 0.3) is 0 Å². The van der Waals surface area contributed by atoms with Crippen molar-refractivity contribution in [3.63, 3.8) is 0 Å². The van der Waals surface area contributed by atoms with Gasteiger partial charge in [-0.3, -0.25) is 19.3 Å². The smallest absolute Gasteiger partial charge is 0.410 e. The van der Waals surface area contributed by atoms with Gasteiger partial charge in [-0.1, -0.05) is 18.2 Å². The second-order valence-corrected chi connectivity index (χ2v) is 11.4. The van der Waals surface area contributed by atoms with Crippen LogP contribution in [-0.4, -0.2) is 72.1 Å². The van der Waals surface area contributed by atoms with Crippen LogP contribution in [0.3, 0.4) is 0 Å². The van der Waals surface area contributed by atoms with Crippen LogP contribution >= 0.6 is 0 Å². The fourth-order valence-corrected chi connectivity index (χ4v) is 5.32. The maximum Gasteiger partial charge on any atom is 0.410 e. The molecule has 0 bridgehead atoms. The Morgan fingerprint density at radius 3 is 2.35 bits per heavy atom. The first-order valence-corrected chi connectivity index (χ1v) is 13.7. The number of imide groups is 1.